The first-order valence-electron chi connectivity index (χ1n) is 7.23. The fraction of sp³-hybridized carbons (Fsp3) is 0.400. The first-order valence-corrected chi connectivity index (χ1v) is 7.23. The van der Waals surface area contributed by atoms with Crippen molar-refractivity contribution in [3.8, 4) is 0 Å². The lowest BCUT2D eigenvalue weighted by Gasteiger charge is -2.38. The van der Waals surface area contributed by atoms with E-state index in [-0.39, 0.29) is 0 Å². The Kier molecular flexibility index (Phi) is 2.78. The van der Waals surface area contributed by atoms with Crippen LogP contribution in [0.4, 0.5) is 0 Å². The summed E-state index contributed by atoms with van der Waals surface area (Å²) in [5, 5.41) is 4.30. The summed E-state index contributed by atoms with van der Waals surface area (Å²) in [7, 11) is 0. The average Bonchev–Trinajstić information content (AvgIpc) is 3.01. The normalized spacial score (nSPS) is 16.5. The molecule has 1 fully saturated rings. The number of rotatable bonds is 3. The van der Waals surface area contributed by atoms with Gasteiger partial charge in [0.2, 0.25) is 5.78 Å². The topological polar surface area (TPSA) is 51.2 Å². The number of fused-ring (bicyclic) bond motifs is 1. The molecule has 21 heavy (non-hydrogen) atoms. The zero-order valence-electron chi connectivity index (χ0n) is 12.3. The molecule has 0 atom stereocenters. The molecule has 0 amide bonds. The lowest BCUT2D eigenvalue weighted by Crippen LogP contribution is -2.47. The molecule has 1 aliphatic rings. The fourth-order valence-electron chi connectivity index (χ4n) is 2.96. The molecular formula is C15H18N6. The predicted octanol–water partition coefficient (Wildman–Crippen LogP) is 1.60. The van der Waals surface area contributed by atoms with E-state index in [1.54, 1.807) is 0 Å². The van der Waals surface area contributed by atoms with Crippen molar-refractivity contribution in [2.24, 2.45) is 0 Å². The monoisotopic (exact) mass is 282 g/mol. The zero-order valence-corrected chi connectivity index (χ0v) is 12.3. The third-order valence-electron chi connectivity index (χ3n) is 4.03. The van der Waals surface area contributed by atoms with Crippen molar-refractivity contribution in [1.82, 2.24) is 29.0 Å². The highest BCUT2D eigenvalue weighted by Crippen LogP contribution is 2.22. The maximum Gasteiger partial charge on any atom is 0.234 e. The van der Waals surface area contributed by atoms with Crippen molar-refractivity contribution >= 4 is 5.78 Å². The average molecular weight is 282 g/mol. The van der Waals surface area contributed by atoms with Crippen LogP contribution < -0.4 is 0 Å². The number of imidazole rings is 1. The van der Waals surface area contributed by atoms with E-state index in [9.17, 15) is 0 Å². The Labute approximate surface area is 123 Å². The maximum absolute atomic E-state index is 4.63. The second kappa shape index (κ2) is 4.66. The Hall–Kier alpha value is -2.21. The van der Waals surface area contributed by atoms with Gasteiger partial charge in [0.25, 0.3) is 0 Å². The van der Waals surface area contributed by atoms with Crippen molar-refractivity contribution in [1.29, 1.82) is 0 Å². The van der Waals surface area contributed by atoms with E-state index in [4.69, 9.17) is 0 Å². The summed E-state index contributed by atoms with van der Waals surface area (Å²) in [5.74, 6) is 0.798. The fourth-order valence-corrected chi connectivity index (χ4v) is 2.96. The van der Waals surface area contributed by atoms with Gasteiger partial charge in [-0.2, -0.15) is 5.10 Å². The van der Waals surface area contributed by atoms with Gasteiger partial charge in [-0.25, -0.2) is 9.97 Å². The molecular weight excluding hydrogens is 264 g/mol. The standard InChI is InChI=1S/C15H18N6/c1-11-6-12(2)20-8-13(18-15(20)17-11)7-19-9-14(10-19)21-5-3-4-16-21/h3-6,8,14H,7,9-10H2,1-2H3. The van der Waals surface area contributed by atoms with Gasteiger partial charge in [0.1, 0.15) is 0 Å². The van der Waals surface area contributed by atoms with E-state index in [0.29, 0.717) is 6.04 Å². The molecule has 0 saturated carbocycles. The molecule has 1 saturated heterocycles. The molecule has 4 rings (SSSR count). The van der Waals surface area contributed by atoms with Crippen LogP contribution in [0.1, 0.15) is 23.1 Å². The van der Waals surface area contributed by atoms with Crippen LogP contribution in [0, 0.1) is 13.8 Å². The smallest absolute Gasteiger partial charge is 0.234 e. The summed E-state index contributed by atoms with van der Waals surface area (Å²) in [4.78, 5) is 11.5. The number of hydrogen-bond acceptors (Lipinski definition) is 4. The molecule has 6 heteroatoms. The number of likely N-dealkylation sites (tertiary alicyclic amines) is 1. The highest BCUT2D eigenvalue weighted by molar-refractivity contribution is 5.34. The van der Waals surface area contributed by atoms with Crippen molar-refractivity contribution in [3.63, 3.8) is 0 Å². The molecule has 0 aliphatic carbocycles. The van der Waals surface area contributed by atoms with E-state index in [1.165, 1.54) is 5.69 Å². The van der Waals surface area contributed by atoms with Gasteiger partial charge in [0.05, 0.1) is 11.7 Å². The van der Waals surface area contributed by atoms with Crippen LogP contribution in [0.3, 0.4) is 0 Å². The molecule has 6 nitrogen and oxygen atoms in total. The van der Waals surface area contributed by atoms with Crippen molar-refractivity contribution in [2.45, 2.75) is 26.4 Å². The van der Waals surface area contributed by atoms with Gasteiger partial charge in [-0.15, -0.1) is 0 Å². The highest BCUT2D eigenvalue weighted by Gasteiger charge is 2.28. The third kappa shape index (κ3) is 2.21. The van der Waals surface area contributed by atoms with Gasteiger partial charge in [-0.05, 0) is 26.0 Å². The van der Waals surface area contributed by atoms with E-state index in [1.807, 2.05) is 30.1 Å². The van der Waals surface area contributed by atoms with Gasteiger partial charge < -0.3 is 0 Å². The number of aryl methyl sites for hydroxylation is 2. The van der Waals surface area contributed by atoms with Gasteiger partial charge >= 0.3 is 0 Å². The van der Waals surface area contributed by atoms with E-state index in [2.05, 4.69) is 43.6 Å². The molecule has 0 radical (unpaired) electrons. The minimum atomic E-state index is 0.499. The summed E-state index contributed by atoms with van der Waals surface area (Å²) >= 11 is 0. The summed E-state index contributed by atoms with van der Waals surface area (Å²) in [6.45, 7) is 7.03. The summed E-state index contributed by atoms with van der Waals surface area (Å²) in [6.07, 6.45) is 5.96. The van der Waals surface area contributed by atoms with Gasteiger partial charge in [0.15, 0.2) is 0 Å². The van der Waals surface area contributed by atoms with Crippen LogP contribution in [0.2, 0.25) is 0 Å². The Morgan fingerprint density at radius 3 is 2.86 bits per heavy atom. The minimum absolute atomic E-state index is 0.499. The van der Waals surface area contributed by atoms with Crippen molar-refractivity contribution in [2.75, 3.05) is 13.1 Å². The lowest BCUT2D eigenvalue weighted by molar-refractivity contribution is 0.0897. The summed E-state index contributed by atoms with van der Waals surface area (Å²) in [6, 6.07) is 4.55. The quantitative estimate of drug-likeness (QED) is 0.732. The number of hydrogen-bond donors (Lipinski definition) is 0. The van der Waals surface area contributed by atoms with Crippen molar-refractivity contribution in [3.05, 3.63) is 47.8 Å². The second-order valence-electron chi connectivity index (χ2n) is 5.78. The lowest BCUT2D eigenvalue weighted by atomic mass is 10.1. The van der Waals surface area contributed by atoms with Gasteiger partial charge in [-0.1, -0.05) is 0 Å². The Morgan fingerprint density at radius 1 is 1.24 bits per heavy atom. The molecule has 0 bridgehead atoms. The van der Waals surface area contributed by atoms with Crippen LogP contribution in [0.15, 0.2) is 30.7 Å². The Balaban J connectivity index is 1.48. The van der Waals surface area contributed by atoms with Crippen LogP contribution in [-0.4, -0.2) is 42.1 Å². The molecule has 3 aromatic rings. The summed E-state index contributed by atoms with van der Waals surface area (Å²) < 4.78 is 4.10. The number of aromatic nitrogens is 5. The molecule has 3 aromatic heterocycles. The Bertz CT molecular complexity index is 767. The summed E-state index contributed by atoms with van der Waals surface area (Å²) in [5.41, 5.74) is 3.27. The largest absolute Gasteiger partial charge is 0.293 e. The second-order valence-corrected chi connectivity index (χ2v) is 5.78. The van der Waals surface area contributed by atoms with Crippen LogP contribution in [0.25, 0.3) is 5.78 Å². The van der Waals surface area contributed by atoms with Gasteiger partial charge in [0, 0.05) is 49.6 Å². The predicted molar refractivity (Wildman–Crippen MR) is 79.0 cm³/mol. The highest BCUT2D eigenvalue weighted by atomic mass is 15.4. The minimum Gasteiger partial charge on any atom is -0.293 e. The molecule has 0 spiro atoms. The SMILES string of the molecule is Cc1cc(C)n2cc(CN3CC(n4cccn4)C3)nc2n1. The Morgan fingerprint density at radius 2 is 2.10 bits per heavy atom. The number of nitrogens with zero attached hydrogens (tertiary/aromatic N) is 6. The van der Waals surface area contributed by atoms with E-state index >= 15 is 0 Å². The van der Waals surface area contributed by atoms with Gasteiger partial charge in [-0.3, -0.25) is 14.0 Å². The van der Waals surface area contributed by atoms with Crippen molar-refractivity contribution < 1.29 is 0 Å². The first kappa shape index (κ1) is 12.5. The molecule has 0 unspecified atom stereocenters. The van der Waals surface area contributed by atoms with Crippen LogP contribution in [-0.2, 0) is 6.54 Å². The third-order valence-corrected chi connectivity index (χ3v) is 4.03. The molecule has 1 aliphatic heterocycles. The molecule has 0 N–H and O–H groups in total. The first-order chi connectivity index (χ1) is 10.2. The van der Waals surface area contributed by atoms with E-state index < -0.39 is 0 Å². The maximum atomic E-state index is 4.63. The van der Waals surface area contributed by atoms with Crippen LogP contribution >= 0.6 is 0 Å². The van der Waals surface area contributed by atoms with Crippen LogP contribution in [0.5, 0.6) is 0 Å². The molecule has 108 valence electrons. The molecule has 4 heterocycles. The molecule has 0 aromatic carbocycles. The van der Waals surface area contributed by atoms with E-state index in [0.717, 1.165) is 36.8 Å². The zero-order chi connectivity index (χ0) is 14.4.